The molecule has 0 aromatic heterocycles. The van der Waals surface area contributed by atoms with Crippen LogP contribution in [0.5, 0.6) is 0 Å². The van der Waals surface area contributed by atoms with E-state index in [9.17, 15) is 8.78 Å². The average Bonchev–Trinajstić information content (AvgIpc) is 3.03. The van der Waals surface area contributed by atoms with Crippen molar-refractivity contribution >= 4 is 13.5 Å². The summed E-state index contributed by atoms with van der Waals surface area (Å²) in [5.74, 6) is 0.927. The second kappa shape index (κ2) is 14.0. The van der Waals surface area contributed by atoms with Gasteiger partial charge in [0.15, 0.2) is 11.6 Å². The molecule has 2 aliphatic rings. The summed E-state index contributed by atoms with van der Waals surface area (Å²) >= 11 is 0. The Morgan fingerprint density at radius 1 is 0.667 bits per heavy atom. The molecule has 5 heteroatoms. The van der Waals surface area contributed by atoms with Gasteiger partial charge in [0, 0.05) is 11.1 Å². The molecule has 220 valence electrons. The second-order valence-electron chi connectivity index (χ2n) is 12.3. The van der Waals surface area contributed by atoms with Gasteiger partial charge in [-0.1, -0.05) is 48.6 Å². The molecule has 0 spiro atoms. The van der Waals surface area contributed by atoms with Gasteiger partial charge in [0.1, 0.15) is 0 Å². The Hall–Kier alpha value is -2.95. The third-order valence-corrected chi connectivity index (χ3v) is 9.86. The molecule has 0 aliphatic heterocycles. The molecule has 0 unspecified atom stereocenters. The van der Waals surface area contributed by atoms with Crippen molar-refractivity contribution in [3.63, 3.8) is 0 Å². The molecule has 0 amide bonds. The summed E-state index contributed by atoms with van der Waals surface area (Å²) in [6.07, 6.45) is 14.9. The van der Waals surface area contributed by atoms with Gasteiger partial charge in [-0.25, -0.2) is 13.2 Å². The average molecular weight is 573 g/mol. The van der Waals surface area contributed by atoms with Gasteiger partial charge in [0.2, 0.25) is 0 Å². The Morgan fingerprint density at radius 2 is 1.21 bits per heavy atom. The van der Waals surface area contributed by atoms with Crippen molar-refractivity contribution in [1.29, 1.82) is 0 Å². The summed E-state index contributed by atoms with van der Waals surface area (Å²) < 4.78 is 60.5. The van der Waals surface area contributed by atoms with E-state index in [1.165, 1.54) is 25.7 Å². The summed E-state index contributed by atoms with van der Waals surface area (Å²) in [7, 11) is 3.95. The van der Waals surface area contributed by atoms with Crippen molar-refractivity contribution in [3.8, 4) is 22.3 Å². The first-order valence-corrected chi connectivity index (χ1v) is 15.7. The summed E-state index contributed by atoms with van der Waals surface area (Å²) in [6, 6.07) is 13.2. The first-order chi connectivity index (χ1) is 20.4. The zero-order valence-electron chi connectivity index (χ0n) is 24.7. The molecule has 42 heavy (non-hydrogen) atoms. The maximum atomic E-state index is 15.4. The van der Waals surface area contributed by atoms with E-state index in [0.717, 1.165) is 44.4 Å². The van der Waals surface area contributed by atoms with E-state index >= 15 is 8.78 Å². The van der Waals surface area contributed by atoms with Gasteiger partial charge in [-0.05, 0) is 42.9 Å². The molecule has 0 saturated heterocycles. The Morgan fingerprint density at radius 3 is 1.79 bits per heavy atom. The van der Waals surface area contributed by atoms with E-state index in [1.54, 1.807) is 48.5 Å². The van der Waals surface area contributed by atoms with E-state index in [2.05, 4.69) is 13.5 Å². The summed E-state index contributed by atoms with van der Waals surface area (Å²) in [5.41, 5.74) is 2.16. The monoisotopic (exact) mass is 572 g/mol. The third kappa shape index (κ3) is 6.66. The number of benzene rings is 3. The normalized spacial score (nSPS) is 22.9. The van der Waals surface area contributed by atoms with E-state index in [0.29, 0.717) is 40.5 Å². The molecule has 2 saturated carbocycles. The fourth-order valence-electron chi connectivity index (χ4n) is 7.27. The number of aryl methyl sites for hydroxylation is 1. The maximum absolute atomic E-state index is 15.4. The Labute approximate surface area is 249 Å². The second-order valence-corrected chi connectivity index (χ2v) is 12.3. The molecule has 0 heterocycles. The van der Waals surface area contributed by atoms with Crippen LogP contribution in [0.3, 0.4) is 0 Å². The van der Waals surface area contributed by atoms with Crippen LogP contribution >= 0.6 is 0 Å². The van der Waals surface area contributed by atoms with Crippen LogP contribution in [0.1, 0.15) is 88.2 Å². The fourth-order valence-corrected chi connectivity index (χ4v) is 7.27. The molecule has 0 atom stereocenters. The molecular formula is C37H41BF4. The van der Waals surface area contributed by atoms with Crippen LogP contribution in [-0.2, 0) is 6.42 Å². The molecule has 0 radical (unpaired) electrons. The number of hydrogen-bond donors (Lipinski definition) is 0. The molecule has 3 aromatic carbocycles. The van der Waals surface area contributed by atoms with Crippen LogP contribution in [0, 0.1) is 41.0 Å². The Balaban J connectivity index is 1.25. The van der Waals surface area contributed by atoms with Crippen molar-refractivity contribution < 1.29 is 17.6 Å². The summed E-state index contributed by atoms with van der Waals surface area (Å²) in [6.45, 7) is 1.93. The topological polar surface area (TPSA) is 0 Å². The summed E-state index contributed by atoms with van der Waals surface area (Å²) in [4.78, 5) is 0. The van der Waals surface area contributed by atoms with E-state index < -0.39 is 23.3 Å². The molecule has 2 aliphatic carbocycles. The number of hydrogen-bond acceptors (Lipinski definition) is 0. The third-order valence-electron chi connectivity index (χ3n) is 9.86. The predicted octanol–water partition coefficient (Wildman–Crippen LogP) is 10.3. The first kappa shape index (κ1) is 30.5. The zero-order valence-corrected chi connectivity index (χ0v) is 24.7. The van der Waals surface area contributed by atoms with Gasteiger partial charge in [-0.15, -0.1) is 0 Å². The zero-order chi connectivity index (χ0) is 29.6. The van der Waals surface area contributed by atoms with Crippen molar-refractivity contribution in [1.82, 2.24) is 0 Å². The molecule has 0 bridgehead atoms. The van der Waals surface area contributed by atoms with Crippen LogP contribution in [0.2, 0.25) is 0 Å². The van der Waals surface area contributed by atoms with Crippen LogP contribution in [0.25, 0.3) is 22.3 Å². The van der Waals surface area contributed by atoms with Crippen LogP contribution in [0.4, 0.5) is 17.6 Å². The van der Waals surface area contributed by atoms with Crippen molar-refractivity contribution in [2.75, 3.05) is 0 Å². The quantitative estimate of drug-likeness (QED) is 0.104. The van der Waals surface area contributed by atoms with Crippen molar-refractivity contribution in [3.05, 3.63) is 95.1 Å². The number of rotatable bonds is 9. The number of allylic oxidation sites excluding steroid dienone is 2. The molecule has 2 fully saturated rings. The van der Waals surface area contributed by atoms with Gasteiger partial charge in [0.05, 0.1) is 0 Å². The molecule has 0 nitrogen and oxygen atoms in total. The Kier molecular flexibility index (Phi) is 10.2. The fraction of sp³-hybridized carbons (Fsp3) is 0.432. The van der Waals surface area contributed by atoms with Crippen molar-refractivity contribution in [2.24, 2.45) is 17.8 Å². The van der Waals surface area contributed by atoms with Crippen LogP contribution in [0.15, 0.2) is 60.7 Å². The number of unbranched alkanes of at least 4 members (excludes halogenated alkanes) is 1. The van der Waals surface area contributed by atoms with E-state index in [-0.39, 0.29) is 17.0 Å². The SMILES string of the molecule is B=CC1CCC(C2CCC(c3ccc(-c4ccc(-c5ccc(CCC/C=C\C)c(F)c5F)cc4)c(F)c3F)CC2)CC1. The minimum absolute atomic E-state index is 0.0423. The van der Waals surface area contributed by atoms with Gasteiger partial charge in [0.25, 0.3) is 0 Å². The molecule has 5 rings (SSSR count). The predicted molar refractivity (Wildman–Crippen MR) is 168 cm³/mol. The van der Waals surface area contributed by atoms with Gasteiger partial charge in [-0.3, -0.25) is 0 Å². The molecule has 0 N–H and O–H groups in total. The summed E-state index contributed by atoms with van der Waals surface area (Å²) in [5, 5.41) is 0. The molecule has 3 aromatic rings. The van der Waals surface area contributed by atoms with Crippen molar-refractivity contribution in [2.45, 2.75) is 83.5 Å². The Bertz CT molecular complexity index is 1390. The molecular weight excluding hydrogens is 531 g/mol. The van der Waals surface area contributed by atoms with Gasteiger partial charge < -0.3 is 0 Å². The number of halogens is 4. The van der Waals surface area contributed by atoms with E-state index in [1.807, 2.05) is 19.1 Å². The minimum atomic E-state index is -0.882. The van der Waals surface area contributed by atoms with E-state index in [4.69, 9.17) is 0 Å². The van der Waals surface area contributed by atoms with Gasteiger partial charge in [-0.2, -0.15) is 0 Å². The standard InChI is InChI=1S/C37H41BF4/c1-2-3-4-5-6-30-19-20-31(35(40)34(30)39)28-15-17-29(18-16-28)33-22-21-32(36(41)37(33)42)27-13-11-26(12-14-27)25-9-7-24(23-38)8-10-25/h2-3,15-27,38H,4-14H2,1H3/b3-2-. The van der Waals surface area contributed by atoms with Gasteiger partial charge >= 0.3 is 122 Å². The first-order valence-electron chi connectivity index (χ1n) is 15.7. The van der Waals surface area contributed by atoms with Crippen LogP contribution < -0.4 is 0 Å². The van der Waals surface area contributed by atoms with Crippen LogP contribution in [-0.4, -0.2) is 13.5 Å².